The van der Waals surface area contributed by atoms with E-state index in [0.717, 1.165) is 10.0 Å². The van der Waals surface area contributed by atoms with Crippen molar-refractivity contribution in [3.63, 3.8) is 0 Å². The smallest absolute Gasteiger partial charge is 0.407 e. The van der Waals surface area contributed by atoms with E-state index in [4.69, 9.17) is 4.74 Å². The molecule has 0 radical (unpaired) electrons. The molecule has 2 aromatic carbocycles. The summed E-state index contributed by atoms with van der Waals surface area (Å²) >= 11 is 3.31. The number of halogens is 1. The first-order valence-corrected chi connectivity index (χ1v) is 7.76. The van der Waals surface area contributed by atoms with Crippen molar-refractivity contribution in [3.05, 3.63) is 70.2 Å². The van der Waals surface area contributed by atoms with Crippen LogP contribution in [0.5, 0.6) is 0 Å². The summed E-state index contributed by atoms with van der Waals surface area (Å²) in [5.74, 6) is -1.25. The first kappa shape index (κ1) is 17.0. The van der Waals surface area contributed by atoms with E-state index >= 15 is 0 Å². The number of rotatable bonds is 6. The van der Waals surface area contributed by atoms with Gasteiger partial charge >= 0.3 is 6.09 Å². The number of carboxylic acids is 1. The Hall–Kier alpha value is -2.34. The van der Waals surface area contributed by atoms with Gasteiger partial charge in [0.1, 0.15) is 6.61 Å². The highest BCUT2D eigenvalue weighted by Gasteiger charge is 2.16. The van der Waals surface area contributed by atoms with Crippen molar-refractivity contribution in [2.75, 3.05) is 0 Å². The summed E-state index contributed by atoms with van der Waals surface area (Å²) in [4.78, 5) is 22.8. The minimum atomic E-state index is -1.25. The second-order valence-electron chi connectivity index (χ2n) is 4.89. The summed E-state index contributed by atoms with van der Waals surface area (Å²) in [7, 11) is 0. The highest BCUT2D eigenvalue weighted by molar-refractivity contribution is 9.10. The van der Waals surface area contributed by atoms with Gasteiger partial charge in [-0.15, -0.1) is 0 Å². The topological polar surface area (TPSA) is 78.5 Å². The first-order chi connectivity index (χ1) is 11.0. The van der Waals surface area contributed by atoms with Gasteiger partial charge in [-0.2, -0.15) is 0 Å². The molecule has 0 bridgehead atoms. The van der Waals surface area contributed by atoms with Crippen molar-refractivity contribution >= 4 is 28.0 Å². The highest BCUT2D eigenvalue weighted by atomic mass is 79.9. The Labute approximate surface area is 142 Å². The van der Waals surface area contributed by atoms with Crippen molar-refractivity contribution < 1.29 is 19.4 Å². The van der Waals surface area contributed by atoms with Gasteiger partial charge in [0.15, 0.2) is 0 Å². The van der Waals surface area contributed by atoms with Gasteiger partial charge < -0.3 is 20.0 Å². The maximum atomic E-state index is 11.9. The monoisotopic (exact) mass is 376 g/mol. The fraction of sp³-hybridized carbons (Fsp3) is 0.176. The molecule has 1 amide bonds. The maximum Gasteiger partial charge on any atom is 0.407 e. The van der Waals surface area contributed by atoms with E-state index in [-0.39, 0.29) is 13.0 Å². The predicted molar refractivity (Wildman–Crippen MR) is 86.3 cm³/mol. The Kier molecular flexibility index (Phi) is 6.17. The van der Waals surface area contributed by atoms with Crippen LogP contribution in [-0.4, -0.2) is 12.1 Å². The third-order valence-electron chi connectivity index (χ3n) is 3.15. The number of amides is 1. The van der Waals surface area contributed by atoms with Crippen LogP contribution in [-0.2, 0) is 16.1 Å². The molecular weight excluding hydrogens is 362 g/mol. The predicted octanol–water partition coefficient (Wildman–Crippen LogP) is 2.56. The van der Waals surface area contributed by atoms with Crippen LogP contribution in [0.4, 0.5) is 4.79 Å². The summed E-state index contributed by atoms with van der Waals surface area (Å²) in [6.07, 6.45) is -1.01. The Bertz CT molecular complexity index is 658. The molecule has 0 fully saturated rings. The lowest BCUT2D eigenvalue weighted by molar-refractivity contribution is -0.306. The maximum absolute atomic E-state index is 11.9. The molecule has 6 heteroatoms. The summed E-state index contributed by atoms with van der Waals surface area (Å²) in [6, 6.07) is 15.5. The highest BCUT2D eigenvalue weighted by Crippen LogP contribution is 2.19. The van der Waals surface area contributed by atoms with E-state index in [0.29, 0.717) is 5.56 Å². The number of alkyl carbamates (subject to hydrolysis) is 1. The summed E-state index contributed by atoms with van der Waals surface area (Å²) in [5, 5.41) is 13.5. The fourth-order valence-corrected chi connectivity index (χ4v) is 2.29. The van der Waals surface area contributed by atoms with Crippen LogP contribution in [0.2, 0.25) is 0 Å². The van der Waals surface area contributed by atoms with Crippen LogP contribution in [0.1, 0.15) is 23.6 Å². The summed E-state index contributed by atoms with van der Waals surface area (Å²) < 4.78 is 5.97. The molecule has 0 aliphatic rings. The van der Waals surface area contributed by atoms with Gasteiger partial charge in [-0.1, -0.05) is 58.4 Å². The van der Waals surface area contributed by atoms with Crippen LogP contribution in [0, 0.1) is 0 Å². The molecule has 1 atom stereocenters. The third kappa shape index (κ3) is 5.75. The number of carboxylic acid groups (broad SMARTS) is 1. The number of nitrogens with one attached hydrogen (secondary N) is 1. The van der Waals surface area contributed by atoms with E-state index in [2.05, 4.69) is 21.2 Å². The van der Waals surface area contributed by atoms with Crippen molar-refractivity contribution in [1.82, 2.24) is 5.32 Å². The second kappa shape index (κ2) is 8.33. The summed E-state index contributed by atoms with van der Waals surface area (Å²) in [6.45, 7) is 0.116. The van der Waals surface area contributed by atoms with Crippen LogP contribution in [0.3, 0.4) is 0 Å². The van der Waals surface area contributed by atoms with E-state index in [1.165, 1.54) is 0 Å². The fourth-order valence-electron chi connectivity index (χ4n) is 2.02. The molecule has 0 saturated carbocycles. The van der Waals surface area contributed by atoms with Gasteiger partial charge in [0.25, 0.3) is 0 Å². The van der Waals surface area contributed by atoms with Crippen LogP contribution in [0.15, 0.2) is 59.1 Å². The molecule has 0 heterocycles. The molecule has 0 aromatic heterocycles. The minimum absolute atomic E-state index is 0.116. The lowest BCUT2D eigenvalue weighted by atomic mass is 10.0. The molecule has 0 spiro atoms. The Morgan fingerprint density at radius 1 is 1.09 bits per heavy atom. The van der Waals surface area contributed by atoms with E-state index in [9.17, 15) is 14.7 Å². The number of hydrogen-bond acceptors (Lipinski definition) is 4. The van der Waals surface area contributed by atoms with Crippen molar-refractivity contribution in [2.45, 2.75) is 19.1 Å². The second-order valence-corrected chi connectivity index (χ2v) is 5.80. The van der Waals surface area contributed by atoms with Gasteiger partial charge in [-0.05, 0) is 23.3 Å². The van der Waals surface area contributed by atoms with Gasteiger partial charge in [-0.3, -0.25) is 0 Å². The van der Waals surface area contributed by atoms with Crippen molar-refractivity contribution in [2.24, 2.45) is 0 Å². The number of carbonyl (C=O) groups is 2. The van der Waals surface area contributed by atoms with Crippen LogP contribution >= 0.6 is 15.9 Å². The first-order valence-electron chi connectivity index (χ1n) is 6.97. The molecule has 5 nitrogen and oxygen atoms in total. The van der Waals surface area contributed by atoms with E-state index < -0.39 is 18.1 Å². The number of aliphatic carboxylic acids is 1. The molecule has 120 valence electrons. The number of ether oxygens (including phenoxy) is 1. The van der Waals surface area contributed by atoms with Crippen LogP contribution < -0.4 is 10.4 Å². The zero-order valence-corrected chi connectivity index (χ0v) is 13.8. The normalized spacial score (nSPS) is 11.5. The average Bonchev–Trinajstić information content (AvgIpc) is 2.53. The molecule has 2 aromatic rings. The quantitative estimate of drug-likeness (QED) is 0.839. The molecule has 1 N–H and O–H groups in total. The average molecular weight is 377 g/mol. The third-order valence-corrected chi connectivity index (χ3v) is 3.68. The van der Waals surface area contributed by atoms with Gasteiger partial charge in [0.05, 0.1) is 6.04 Å². The Balaban J connectivity index is 1.98. The number of hydrogen-bond donors (Lipinski definition) is 1. The molecular formula is C17H15BrNO4-. The lowest BCUT2D eigenvalue weighted by Gasteiger charge is -2.19. The van der Waals surface area contributed by atoms with Gasteiger partial charge in [0.2, 0.25) is 0 Å². The summed E-state index contributed by atoms with van der Waals surface area (Å²) in [5.41, 5.74) is 1.51. The van der Waals surface area contributed by atoms with Crippen LogP contribution in [0.25, 0.3) is 0 Å². The minimum Gasteiger partial charge on any atom is -0.550 e. The largest absolute Gasteiger partial charge is 0.550 e. The molecule has 0 unspecified atom stereocenters. The molecule has 0 saturated heterocycles. The molecule has 2 rings (SSSR count). The van der Waals surface area contributed by atoms with E-state index in [1.54, 1.807) is 24.3 Å². The van der Waals surface area contributed by atoms with Crippen molar-refractivity contribution in [1.29, 1.82) is 0 Å². The zero-order chi connectivity index (χ0) is 16.7. The number of benzene rings is 2. The Morgan fingerprint density at radius 2 is 1.74 bits per heavy atom. The number of carbonyl (C=O) groups excluding carboxylic acids is 2. The molecule has 23 heavy (non-hydrogen) atoms. The van der Waals surface area contributed by atoms with Gasteiger partial charge in [-0.25, -0.2) is 4.79 Å². The van der Waals surface area contributed by atoms with Gasteiger partial charge in [0, 0.05) is 16.9 Å². The molecule has 0 aliphatic carbocycles. The van der Waals surface area contributed by atoms with E-state index in [1.807, 2.05) is 30.3 Å². The Morgan fingerprint density at radius 3 is 2.35 bits per heavy atom. The standard InChI is InChI=1S/C17H16BrNO4/c18-14-8-6-13(7-9-14)15(10-16(20)21)19-17(22)23-11-12-4-2-1-3-5-12/h1-9,15H,10-11H2,(H,19,22)(H,20,21)/p-1/t15-/m1/s1. The SMILES string of the molecule is O=C([O-])C[C@@H](NC(=O)OCc1ccccc1)c1ccc(Br)cc1. The molecule has 0 aliphatic heterocycles. The van der Waals surface area contributed by atoms with Crippen molar-refractivity contribution in [3.8, 4) is 0 Å². The zero-order valence-electron chi connectivity index (χ0n) is 12.2. The lowest BCUT2D eigenvalue weighted by Crippen LogP contribution is -2.34.